The molecule has 1 heteroatoms. The minimum Gasteiger partial charge on any atom is -0.289 e. The van der Waals surface area contributed by atoms with E-state index >= 15 is 0 Å². The van der Waals surface area contributed by atoms with E-state index in [1.54, 1.807) is 0 Å². The molecule has 0 amide bonds. The molecule has 19 heavy (non-hydrogen) atoms. The molecule has 2 unspecified atom stereocenters. The summed E-state index contributed by atoms with van der Waals surface area (Å²) in [7, 11) is 0. The minimum absolute atomic E-state index is 0.267. The van der Waals surface area contributed by atoms with E-state index in [1.807, 2.05) is 0 Å². The highest BCUT2D eigenvalue weighted by atomic mass is 14.8. The van der Waals surface area contributed by atoms with Gasteiger partial charge in [-0.2, -0.15) is 0 Å². The average Bonchev–Trinajstić information content (AvgIpc) is 2.44. The maximum absolute atomic E-state index is 4.80. The molecular formula is C18H23N. The third kappa shape index (κ3) is 4.86. The molecule has 2 rings (SSSR count). The third-order valence-electron chi connectivity index (χ3n) is 3.41. The Morgan fingerprint density at radius 2 is 1.58 bits per heavy atom. The second-order valence-electron chi connectivity index (χ2n) is 5.19. The van der Waals surface area contributed by atoms with Crippen molar-refractivity contribution < 1.29 is 0 Å². The fourth-order valence-corrected chi connectivity index (χ4v) is 2.23. The Labute approximate surface area is 116 Å². The summed E-state index contributed by atoms with van der Waals surface area (Å²) < 4.78 is 0. The number of nitrogens with zero attached hydrogens (tertiary/aromatic N) is 1. The highest BCUT2D eigenvalue weighted by Crippen LogP contribution is 2.22. The smallest absolute Gasteiger partial charge is 0.0779 e. The van der Waals surface area contributed by atoms with Crippen molar-refractivity contribution in [3.63, 3.8) is 0 Å². The van der Waals surface area contributed by atoms with Gasteiger partial charge in [0.05, 0.1) is 6.04 Å². The van der Waals surface area contributed by atoms with Crippen LogP contribution in [0.2, 0.25) is 0 Å². The van der Waals surface area contributed by atoms with E-state index in [1.165, 1.54) is 5.56 Å². The Bertz CT molecular complexity index is 442. The topological polar surface area (TPSA) is 12.4 Å². The van der Waals surface area contributed by atoms with Crippen LogP contribution in [-0.2, 0) is 0 Å². The number of aliphatic imine (C=N–C) groups is 1. The molecule has 1 aromatic rings. The van der Waals surface area contributed by atoms with Crippen LogP contribution in [0.5, 0.6) is 0 Å². The molecule has 0 N–H and O–H groups in total. The molecule has 0 radical (unpaired) electrons. The molecule has 2 atom stereocenters. The summed E-state index contributed by atoms with van der Waals surface area (Å²) in [5.41, 5.74) is 1.31. The summed E-state index contributed by atoms with van der Waals surface area (Å²) in [5.74, 6) is 0.519. The molecule has 0 bridgehead atoms. The fourth-order valence-electron chi connectivity index (χ4n) is 2.23. The number of hydrogen-bond acceptors (Lipinski definition) is 1. The first-order valence-corrected chi connectivity index (χ1v) is 7.24. The minimum atomic E-state index is 0.267. The number of allylic oxidation sites excluding steroid dienone is 3. The van der Waals surface area contributed by atoms with Gasteiger partial charge in [0.15, 0.2) is 0 Å². The first kappa shape index (κ1) is 13.8. The molecule has 1 aliphatic rings. The quantitative estimate of drug-likeness (QED) is 0.616. The van der Waals surface area contributed by atoms with Gasteiger partial charge in [-0.05, 0) is 37.2 Å². The zero-order chi connectivity index (χ0) is 13.3. The van der Waals surface area contributed by atoms with E-state index in [0.29, 0.717) is 5.92 Å². The van der Waals surface area contributed by atoms with Gasteiger partial charge in [-0.1, -0.05) is 61.6 Å². The number of rotatable bonds is 1. The van der Waals surface area contributed by atoms with E-state index in [0.717, 1.165) is 25.7 Å². The lowest BCUT2D eigenvalue weighted by Crippen LogP contribution is -2.00. The van der Waals surface area contributed by atoms with E-state index in [4.69, 9.17) is 4.99 Å². The highest BCUT2D eigenvalue weighted by Gasteiger charge is 2.07. The predicted octanol–water partition coefficient (Wildman–Crippen LogP) is 5.12. The van der Waals surface area contributed by atoms with Crippen molar-refractivity contribution >= 4 is 6.21 Å². The predicted molar refractivity (Wildman–Crippen MR) is 83.6 cm³/mol. The van der Waals surface area contributed by atoms with Crippen LogP contribution in [-0.4, -0.2) is 6.21 Å². The first-order chi connectivity index (χ1) is 9.36. The normalized spacial score (nSPS) is 29.7. The van der Waals surface area contributed by atoms with E-state index in [2.05, 4.69) is 67.8 Å². The lowest BCUT2D eigenvalue weighted by atomic mass is 10.0. The standard InChI is InChI=1S/C18H23N/c1-16-11-7-4-2-3-5-10-14-18(19-15-16)17-12-8-6-9-13-17/h4-10,12-13,15-16,18H,2-3,11,14H2,1H3/b7-4+,10-5+,19-15+. The Morgan fingerprint density at radius 1 is 0.895 bits per heavy atom. The highest BCUT2D eigenvalue weighted by molar-refractivity contribution is 5.61. The van der Waals surface area contributed by atoms with Crippen LogP contribution < -0.4 is 0 Å². The van der Waals surface area contributed by atoms with Crippen molar-refractivity contribution in [2.45, 2.75) is 38.6 Å². The number of benzene rings is 1. The van der Waals surface area contributed by atoms with Crippen LogP contribution in [0.25, 0.3) is 0 Å². The summed E-state index contributed by atoms with van der Waals surface area (Å²) in [5, 5.41) is 0. The summed E-state index contributed by atoms with van der Waals surface area (Å²) in [6.07, 6.45) is 15.6. The van der Waals surface area contributed by atoms with Gasteiger partial charge >= 0.3 is 0 Å². The van der Waals surface area contributed by atoms with E-state index in [9.17, 15) is 0 Å². The van der Waals surface area contributed by atoms with Crippen LogP contribution in [0.3, 0.4) is 0 Å². The molecule has 0 fully saturated rings. The fraction of sp³-hybridized carbons (Fsp3) is 0.389. The van der Waals surface area contributed by atoms with Gasteiger partial charge in [-0.3, -0.25) is 4.99 Å². The SMILES string of the molecule is CC1/C=N/C(c2ccccc2)C/C=C/CC/C=C/C1. The summed E-state index contributed by atoms with van der Waals surface area (Å²) >= 11 is 0. The molecule has 1 heterocycles. The zero-order valence-corrected chi connectivity index (χ0v) is 11.7. The van der Waals surface area contributed by atoms with Gasteiger partial charge in [-0.25, -0.2) is 0 Å². The average molecular weight is 253 g/mol. The van der Waals surface area contributed by atoms with Crippen molar-refractivity contribution in [2.24, 2.45) is 10.9 Å². The molecule has 0 saturated heterocycles. The van der Waals surface area contributed by atoms with Crippen LogP contribution in [0, 0.1) is 5.92 Å². The molecule has 1 nitrogen and oxygen atoms in total. The van der Waals surface area contributed by atoms with Gasteiger partial charge in [0.2, 0.25) is 0 Å². The van der Waals surface area contributed by atoms with E-state index in [-0.39, 0.29) is 6.04 Å². The summed E-state index contributed by atoms with van der Waals surface area (Å²) in [6, 6.07) is 10.9. The second-order valence-corrected chi connectivity index (χ2v) is 5.19. The van der Waals surface area contributed by atoms with Gasteiger partial charge < -0.3 is 0 Å². The lowest BCUT2D eigenvalue weighted by Gasteiger charge is -2.12. The molecule has 1 aromatic carbocycles. The van der Waals surface area contributed by atoms with Gasteiger partial charge in [-0.15, -0.1) is 0 Å². The van der Waals surface area contributed by atoms with Crippen molar-refractivity contribution in [3.8, 4) is 0 Å². The largest absolute Gasteiger partial charge is 0.289 e. The second kappa shape index (κ2) is 7.73. The summed E-state index contributed by atoms with van der Waals surface area (Å²) in [6.45, 7) is 2.23. The summed E-state index contributed by atoms with van der Waals surface area (Å²) in [4.78, 5) is 4.80. The Balaban J connectivity index is 2.14. The molecule has 0 spiro atoms. The van der Waals surface area contributed by atoms with E-state index < -0.39 is 0 Å². The van der Waals surface area contributed by atoms with Crippen LogP contribution in [0.1, 0.15) is 44.2 Å². The number of hydrogen-bond donors (Lipinski definition) is 0. The third-order valence-corrected chi connectivity index (χ3v) is 3.41. The maximum atomic E-state index is 4.80. The van der Waals surface area contributed by atoms with Gasteiger partial charge in [0, 0.05) is 6.21 Å². The Kier molecular flexibility index (Phi) is 5.61. The van der Waals surface area contributed by atoms with Crippen LogP contribution in [0.15, 0.2) is 59.6 Å². The van der Waals surface area contributed by atoms with Crippen molar-refractivity contribution in [2.75, 3.05) is 0 Å². The zero-order valence-electron chi connectivity index (χ0n) is 11.7. The maximum Gasteiger partial charge on any atom is 0.0779 e. The van der Waals surface area contributed by atoms with Crippen molar-refractivity contribution in [1.82, 2.24) is 0 Å². The van der Waals surface area contributed by atoms with Gasteiger partial charge in [0.1, 0.15) is 0 Å². The van der Waals surface area contributed by atoms with Crippen molar-refractivity contribution in [1.29, 1.82) is 0 Å². The molecular weight excluding hydrogens is 230 g/mol. The molecule has 0 saturated carbocycles. The Morgan fingerprint density at radius 3 is 2.32 bits per heavy atom. The monoisotopic (exact) mass is 253 g/mol. The van der Waals surface area contributed by atoms with Crippen LogP contribution in [0.4, 0.5) is 0 Å². The lowest BCUT2D eigenvalue weighted by molar-refractivity contribution is 0.720. The van der Waals surface area contributed by atoms with Crippen LogP contribution >= 0.6 is 0 Å². The van der Waals surface area contributed by atoms with Gasteiger partial charge in [0.25, 0.3) is 0 Å². The first-order valence-electron chi connectivity index (χ1n) is 7.24. The molecule has 1 aliphatic heterocycles. The molecule has 0 aromatic heterocycles. The van der Waals surface area contributed by atoms with Crippen molar-refractivity contribution in [3.05, 3.63) is 60.2 Å². The Hall–Kier alpha value is -1.63. The molecule has 100 valence electrons. The molecule has 0 aliphatic carbocycles.